The summed E-state index contributed by atoms with van der Waals surface area (Å²) >= 11 is 0. The standard InChI is InChI=1S/C6H7.2C2H6.K/c1-2-4-6-5-3-1;2*1-2;/h1-3H,4,6H2;2*1-2H3;/q-1;;;+1. The Morgan fingerprint density at radius 3 is 1.73 bits per heavy atom. The van der Waals surface area contributed by atoms with Crippen molar-refractivity contribution in [2.45, 2.75) is 40.5 Å². The number of hydrogen-bond acceptors (Lipinski definition) is 0. The zero-order valence-corrected chi connectivity index (χ0v) is 11.8. The van der Waals surface area contributed by atoms with Gasteiger partial charge < -0.3 is 0 Å². The SMILES string of the molecule is CC.CC.[C-]1=CC=CCC1.[K+]. The number of rotatable bonds is 0. The monoisotopic (exact) mass is 178 g/mol. The summed E-state index contributed by atoms with van der Waals surface area (Å²) in [6, 6.07) is 0. The van der Waals surface area contributed by atoms with E-state index in [1.54, 1.807) is 0 Å². The topological polar surface area (TPSA) is 0 Å². The zero-order valence-electron chi connectivity index (χ0n) is 8.65. The van der Waals surface area contributed by atoms with Crippen molar-refractivity contribution in [1.82, 2.24) is 0 Å². The molecule has 0 radical (unpaired) electrons. The van der Waals surface area contributed by atoms with Crippen LogP contribution in [0.3, 0.4) is 0 Å². The van der Waals surface area contributed by atoms with E-state index >= 15 is 0 Å². The van der Waals surface area contributed by atoms with E-state index in [0.29, 0.717) is 0 Å². The van der Waals surface area contributed by atoms with Gasteiger partial charge in [-0.15, -0.1) is 6.42 Å². The second kappa shape index (κ2) is 22.5. The first-order valence-electron chi connectivity index (χ1n) is 4.22. The van der Waals surface area contributed by atoms with E-state index in [1.165, 1.54) is 6.42 Å². The van der Waals surface area contributed by atoms with Crippen LogP contribution in [0.15, 0.2) is 18.2 Å². The molecule has 0 nitrogen and oxygen atoms in total. The summed E-state index contributed by atoms with van der Waals surface area (Å²) in [7, 11) is 0. The van der Waals surface area contributed by atoms with Crippen LogP contribution in [0.25, 0.3) is 0 Å². The maximum atomic E-state index is 3.07. The minimum Gasteiger partial charge on any atom is -0.275 e. The quantitative estimate of drug-likeness (QED) is 0.379. The van der Waals surface area contributed by atoms with Gasteiger partial charge in [-0.3, -0.25) is 6.08 Å². The Morgan fingerprint density at radius 2 is 1.64 bits per heavy atom. The van der Waals surface area contributed by atoms with Gasteiger partial charge in [-0.25, -0.2) is 12.2 Å². The fraction of sp³-hybridized carbons (Fsp3) is 0.600. The van der Waals surface area contributed by atoms with Crippen molar-refractivity contribution < 1.29 is 51.4 Å². The van der Waals surface area contributed by atoms with Gasteiger partial charge in [0.15, 0.2) is 0 Å². The minimum absolute atomic E-state index is 0. The van der Waals surface area contributed by atoms with Crippen LogP contribution in [-0.4, -0.2) is 0 Å². The van der Waals surface area contributed by atoms with Gasteiger partial charge >= 0.3 is 51.4 Å². The molecule has 1 rings (SSSR count). The van der Waals surface area contributed by atoms with Crippen LogP contribution in [0.5, 0.6) is 0 Å². The fourth-order valence-electron chi connectivity index (χ4n) is 0.482. The molecule has 11 heavy (non-hydrogen) atoms. The molecule has 0 aliphatic heterocycles. The summed E-state index contributed by atoms with van der Waals surface area (Å²) in [6.45, 7) is 8.00. The summed E-state index contributed by atoms with van der Waals surface area (Å²) in [4.78, 5) is 0. The van der Waals surface area contributed by atoms with Gasteiger partial charge in [-0.1, -0.05) is 34.1 Å². The van der Waals surface area contributed by atoms with Crippen LogP contribution < -0.4 is 51.4 Å². The van der Waals surface area contributed by atoms with E-state index in [4.69, 9.17) is 0 Å². The average molecular weight is 178 g/mol. The number of allylic oxidation sites excluding steroid dienone is 4. The van der Waals surface area contributed by atoms with Crippen LogP contribution in [0.1, 0.15) is 40.5 Å². The maximum Gasteiger partial charge on any atom is 1.00 e. The Balaban J connectivity index is -0.000000114. The van der Waals surface area contributed by atoms with E-state index < -0.39 is 0 Å². The molecule has 0 bridgehead atoms. The van der Waals surface area contributed by atoms with Gasteiger partial charge in [0.2, 0.25) is 0 Å². The molecule has 0 atom stereocenters. The van der Waals surface area contributed by atoms with Crippen LogP contribution in [0.2, 0.25) is 0 Å². The van der Waals surface area contributed by atoms with Gasteiger partial charge in [0, 0.05) is 0 Å². The predicted octanol–water partition coefficient (Wildman–Crippen LogP) is 0.752. The molecule has 0 N–H and O–H groups in total. The number of hydrogen-bond donors (Lipinski definition) is 0. The first kappa shape index (κ1) is 18.0. The third-order valence-electron chi connectivity index (χ3n) is 0.806. The molecule has 60 valence electrons. The van der Waals surface area contributed by atoms with Gasteiger partial charge in [0.05, 0.1) is 0 Å². The molecule has 1 aliphatic rings. The molecular weight excluding hydrogens is 159 g/mol. The van der Waals surface area contributed by atoms with Crippen LogP contribution in [0.4, 0.5) is 0 Å². The van der Waals surface area contributed by atoms with Crippen LogP contribution >= 0.6 is 0 Å². The second-order valence-corrected chi connectivity index (χ2v) is 1.34. The molecule has 0 spiro atoms. The second-order valence-electron chi connectivity index (χ2n) is 1.34. The molecule has 0 unspecified atom stereocenters. The Hall–Kier alpha value is 1.12. The third kappa shape index (κ3) is 18.2. The Labute approximate surface area is 115 Å². The fourth-order valence-corrected chi connectivity index (χ4v) is 0.482. The van der Waals surface area contributed by atoms with E-state index in [1.807, 2.05) is 39.8 Å². The molecule has 0 fully saturated rings. The zero-order chi connectivity index (χ0) is 8.24. The Bertz CT molecular complexity index is 70.9. The molecule has 0 aromatic carbocycles. The van der Waals surface area contributed by atoms with E-state index in [2.05, 4.69) is 12.2 Å². The van der Waals surface area contributed by atoms with Gasteiger partial charge in [-0.2, -0.15) is 6.08 Å². The smallest absolute Gasteiger partial charge is 0.275 e. The Kier molecular flexibility index (Phi) is 36.8. The Morgan fingerprint density at radius 1 is 1.09 bits per heavy atom. The summed E-state index contributed by atoms with van der Waals surface area (Å²) in [5.74, 6) is 0. The normalized spacial score (nSPS) is 11.3. The largest absolute Gasteiger partial charge is 1.00 e. The van der Waals surface area contributed by atoms with Crippen molar-refractivity contribution in [2.24, 2.45) is 0 Å². The molecule has 0 saturated heterocycles. The van der Waals surface area contributed by atoms with Gasteiger partial charge in [0.25, 0.3) is 0 Å². The predicted molar refractivity (Wildman–Crippen MR) is 48.9 cm³/mol. The van der Waals surface area contributed by atoms with Gasteiger partial charge in [-0.05, 0) is 0 Å². The molecule has 0 saturated carbocycles. The van der Waals surface area contributed by atoms with E-state index in [9.17, 15) is 0 Å². The van der Waals surface area contributed by atoms with E-state index in [0.717, 1.165) is 6.42 Å². The first-order chi connectivity index (χ1) is 5.00. The minimum atomic E-state index is 0. The first-order valence-corrected chi connectivity index (χ1v) is 4.22. The van der Waals surface area contributed by atoms with E-state index in [-0.39, 0.29) is 51.4 Å². The van der Waals surface area contributed by atoms with Crippen LogP contribution in [-0.2, 0) is 0 Å². The van der Waals surface area contributed by atoms with Crippen molar-refractivity contribution in [3.63, 3.8) is 0 Å². The summed E-state index contributed by atoms with van der Waals surface area (Å²) < 4.78 is 0. The average Bonchev–Trinajstić information content (AvgIpc) is 2.14. The van der Waals surface area contributed by atoms with Crippen molar-refractivity contribution in [3.8, 4) is 0 Å². The summed E-state index contributed by atoms with van der Waals surface area (Å²) in [5, 5.41) is 0. The molecule has 1 heteroatoms. The maximum absolute atomic E-state index is 3.07. The molecule has 0 aromatic rings. The molecule has 0 heterocycles. The molecular formula is C10H19K. The molecule has 0 amide bonds. The third-order valence-corrected chi connectivity index (χ3v) is 0.806. The summed E-state index contributed by atoms with van der Waals surface area (Å²) in [5.41, 5.74) is 0. The van der Waals surface area contributed by atoms with Gasteiger partial charge in [0.1, 0.15) is 0 Å². The van der Waals surface area contributed by atoms with Crippen LogP contribution in [0, 0.1) is 6.08 Å². The van der Waals surface area contributed by atoms with Crippen molar-refractivity contribution in [2.75, 3.05) is 0 Å². The van der Waals surface area contributed by atoms with Crippen molar-refractivity contribution in [3.05, 3.63) is 24.3 Å². The summed E-state index contributed by atoms with van der Waals surface area (Å²) in [6.07, 6.45) is 11.5. The van der Waals surface area contributed by atoms with Crippen molar-refractivity contribution >= 4 is 0 Å². The molecule has 1 aliphatic carbocycles. The molecule has 0 aromatic heterocycles. The van der Waals surface area contributed by atoms with Crippen molar-refractivity contribution in [1.29, 1.82) is 0 Å².